The Morgan fingerprint density at radius 2 is 2.04 bits per heavy atom. The highest BCUT2D eigenvalue weighted by Gasteiger charge is 2.14. The van der Waals surface area contributed by atoms with Gasteiger partial charge in [0, 0.05) is 13.0 Å². The topological polar surface area (TPSA) is 97.6 Å². The van der Waals surface area contributed by atoms with Gasteiger partial charge in [-0.2, -0.15) is 0 Å². The number of carbonyl (C=O) groups is 2. The molecule has 8 nitrogen and oxygen atoms in total. The van der Waals surface area contributed by atoms with Crippen molar-refractivity contribution in [1.29, 1.82) is 0 Å². The third-order valence-corrected chi connectivity index (χ3v) is 4.48. The first-order chi connectivity index (χ1) is 12.0. The Balaban J connectivity index is 1.95. The van der Waals surface area contributed by atoms with E-state index in [1.54, 1.807) is 7.11 Å². The van der Waals surface area contributed by atoms with Gasteiger partial charge >= 0.3 is 0 Å². The normalized spacial score (nSPS) is 10.8. The molecule has 25 heavy (non-hydrogen) atoms. The molecule has 0 spiro atoms. The minimum atomic E-state index is -0.333. The summed E-state index contributed by atoms with van der Waals surface area (Å²) in [6.45, 7) is 3.29. The van der Waals surface area contributed by atoms with E-state index in [4.69, 9.17) is 4.74 Å². The number of nitrogens with one attached hydrogen (secondary N) is 2. The number of thioether (sulfide) groups is 1. The van der Waals surface area contributed by atoms with Crippen LogP contribution in [0.15, 0.2) is 29.4 Å². The minimum absolute atomic E-state index is 0.0977. The van der Waals surface area contributed by atoms with E-state index in [1.807, 2.05) is 35.6 Å². The molecule has 0 fully saturated rings. The van der Waals surface area contributed by atoms with Gasteiger partial charge in [-0.15, -0.1) is 10.2 Å². The lowest BCUT2D eigenvalue weighted by molar-refractivity contribution is -0.126. The molecule has 3 rings (SSSR count). The number of fused-ring (bicyclic) bond motifs is 3. The Morgan fingerprint density at radius 1 is 1.24 bits per heavy atom. The monoisotopic (exact) mass is 359 g/mol. The minimum Gasteiger partial charge on any atom is -0.497 e. The number of nitrogens with zero attached hydrogens (tertiary/aromatic N) is 3. The molecule has 0 radical (unpaired) electrons. The Morgan fingerprint density at radius 3 is 2.76 bits per heavy atom. The van der Waals surface area contributed by atoms with Crippen LogP contribution in [0.4, 0.5) is 0 Å². The van der Waals surface area contributed by atoms with Gasteiger partial charge in [-0.3, -0.25) is 24.8 Å². The zero-order valence-electron chi connectivity index (χ0n) is 14.0. The van der Waals surface area contributed by atoms with Crippen molar-refractivity contribution in [2.45, 2.75) is 19.0 Å². The zero-order valence-corrected chi connectivity index (χ0v) is 14.8. The average molecular weight is 359 g/mol. The van der Waals surface area contributed by atoms with Crippen molar-refractivity contribution in [3.05, 3.63) is 29.8 Å². The first kappa shape index (κ1) is 17.0. The molecular formula is C16H17N5O3S. The fraction of sp³-hybridized carbons (Fsp3) is 0.250. The van der Waals surface area contributed by atoms with E-state index in [9.17, 15) is 9.59 Å². The molecule has 1 aromatic carbocycles. The van der Waals surface area contributed by atoms with E-state index in [0.717, 1.165) is 27.9 Å². The molecule has 0 unspecified atom stereocenters. The quantitative estimate of drug-likeness (QED) is 0.541. The van der Waals surface area contributed by atoms with Gasteiger partial charge in [0.15, 0.2) is 10.8 Å². The third-order valence-electron chi connectivity index (χ3n) is 3.55. The van der Waals surface area contributed by atoms with Crippen molar-refractivity contribution in [1.82, 2.24) is 25.4 Å². The van der Waals surface area contributed by atoms with Crippen molar-refractivity contribution in [2.75, 3.05) is 12.9 Å². The van der Waals surface area contributed by atoms with Crippen LogP contribution in [0.2, 0.25) is 0 Å². The van der Waals surface area contributed by atoms with Crippen LogP contribution < -0.4 is 15.6 Å². The maximum atomic E-state index is 11.8. The zero-order chi connectivity index (χ0) is 18.0. The van der Waals surface area contributed by atoms with Gasteiger partial charge in [-0.05, 0) is 36.1 Å². The number of amides is 2. The molecule has 0 bridgehead atoms. The van der Waals surface area contributed by atoms with Crippen LogP contribution in [-0.4, -0.2) is 39.3 Å². The predicted molar refractivity (Wildman–Crippen MR) is 94.5 cm³/mol. The highest BCUT2D eigenvalue weighted by Crippen LogP contribution is 2.28. The first-order valence-electron chi connectivity index (χ1n) is 7.50. The summed E-state index contributed by atoms with van der Waals surface area (Å²) in [7, 11) is 1.61. The number of pyridine rings is 1. The Hall–Kier alpha value is -2.81. The number of methoxy groups -OCH3 is 1. The van der Waals surface area contributed by atoms with Crippen LogP contribution in [0, 0.1) is 6.92 Å². The summed E-state index contributed by atoms with van der Waals surface area (Å²) in [5.74, 6) is 0.165. The van der Waals surface area contributed by atoms with Gasteiger partial charge in [-0.1, -0.05) is 11.8 Å². The first-order valence-corrected chi connectivity index (χ1v) is 8.49. The molecule has 2 heterocycles. The molecule has 0 aliphatic heterocycles. The molecule has 0 aliphatic rings. The predicted octanol–water partition coefficient (Wildman–Crippen LogP) is 1.46. The summed E-state index contributed by atoms with van der Waals surface area (Å²) in [4.78, 5) is 22.6. The Bertz CT molecular complexity index is 969. The van der Waals surface area contributed by atoms with Crippen LogP contribution in [0.25, 0.3) is 16.6 Å². The molecule has 2 N–H and O–H groups in total. The van der Waals surface area contributed by atoms with Gasteiger partial charge in [0.2, 0.25) is 11.8 Å². The summed E-state index contributed by atoms with van der Waals surface area (Å²) in [5, 5.41) is 10.0. The van der Waals surface area contributed by atoms with Gasteiger partial charge < -0.3 is 4.74 Å². The second-order valence-electron chi connectivity index (χ2n) is 5.41. The van der Waals surface area contributed by atoms with Gasteiger partial charge in [0.1, 0.15) is 5.75 Å². The van der Waals surface area contributed by atoms with Crippen molar-refractivity contribution >= 4 is 40.1 Å². The van der Waals surface area contributed by atoms with E-state index in [0.29, 0.717) is 5.16 Å². The molecule has 9 heteroatoms. The number of benzene rings is 1. The molecule has 2 aromatic heterocycles. The van der Waals surface area contributed by atoms with E-state index in [-0.39, 0.29) is 17.6 Å². The molecule has 2 amide bonds. The van der Waals surface area contributed by atoms with Crippen LogP contribution in [0.1, 0.15) is 12.5 Å². The van der Waals surface area contributed by atoms with E-state index >= 15 is 0 Å². The van der Waals surface area contributed by atoms with E-state index < -0.39 is 0 Å². The number of carbonyl (C=O) groups excluding carboxylic acids is 2. The SMILES string of the molecule is COc1ccc2cc(C)c3nnc(SCC(=O)NNC(C)=O)n3c2c1. The van der Waals surface area contributed by atoms with Gasteiger partial charge in [0.25, 0.3) is 0 Å². The van der Waals surface area contributed by atoms with Crippen molar-refractivity contribution in [2.24, 2.45) is 0 Å². The number of hydrogen-bond donors (Lipinski definition) is 2. The summed E-state index contributed by atoms with van der Waals surface area (Å²) < 4.78 is 7.21. The lowest BCUT2D eigenvalue weighted by atomic mass is 10.1. The second kappa shape index (κ2) is 6.98. The summed E-state index contributed by atoms with van der Waals surface area (Å²) in [5.41, 5.74) is 7.19. The van der Waals surface area contributed by atoms with E-state index in [1.165, 1.54) is 18.7 Å². The summed E-state index contributed by atoms with van der Waals surface area (Å²) in [6.07, 6.45) is 0. The molecule has 0 aliphatic carbocycles. The highest BCUT2D eigenvalue weighted by atomic mass is 32.2. The number of aromatic nitrogens is 3. The van der Waals surface area contributed by atoms with Crippen molar-refractivity contribution < 1.29 is 14.3 Å². The summed E-state index contributed by atoms with van der Waals surface area (Å²) >= 11 is 1.24. The second-order valence-corrected chi connectivity index (χ2v) is 6.35. The van der Waals surface area contributed by atoms with Crippen LogP contribution in [0.5, 0.6) is 5.75 Å². The van der Waals surface area contributed by atoms with Crippen LogP contribution in [-0.2, 0) is 9.59 Å². The highest BCUT2D eigenvalue weighted by molar-refractivity contribution is 7.99. The number of hydrazine groups is 1. The fourth-order valence-electron chi connectivity index (χ4n) is 2.42. The maximum Gasteiger partial charge on any atom is 0.248 e. The van der Waals surface area contributed by atoms with E-state index in [2.05, 4.69) is 21.0 Å². The molecule has 3 aromatic rings. The number of rotatable bonds is 4. The van der Waals surface area contributed by atoms with Crippen LogP contribution in [0.3, 0.4) is 0 Å². The molecular weight excluding hydrogens is 342 g/mol. The molecule has 0 saturated carbocycles. The average Bonchev–Trinajstić information content (AvgIpc) is 3.03. The van der Waals surface area contributed by atoms with Gasteiger partial charge in [0.05, 0.1) is 18.4 Å². The van der Waals surface area contributed by atoms with Crippen molar-refractivity contribution in [3.8, 4) is 5.75 Å². The molecule has 0 saturated heterocycles. The number of ether oxygens (including phenoxy) is 1. The Labute approximate surface area is 147 Å². The Kier molecular flexibility index (Phi) is 4.75. The van der Waals surface area contributed by atoms with Gasteiger partial charge in [-0.25, -0.2) is 0 Å². The van der Waals surface area contributed by atoms with Crippen molar-refractivity contribution in [3.63, 3.8) is 0 Å². The molecule has 0 atom stereocenters. The maximum absolute atomic E-state index is 11.8. The summed E-state index contributed by atoms with van der Waals surface area (Å²) in [6, 6.07) is 7.81. The lowest BCUT2D eigenvalue weighted by Gasteiger charge is -2.09. The third kappa shape index (κ3) is 3.50. The molecule has 130 valence electrons. The number of aryl methyl sites for hydroxylation is 1. The largest absolute Gasteiger partial charge is 0.497 e. The van der Waals surface area contributed by atoms with Crippen LogP contribution >= 0.6 is 11.8 Å². The standard InChI is InChI=1S/C16H17N5O3S/c1-9-6-11-4-5-12(24-3)7-13(11)21-15(9)19-20-16(21)25-8-14(23)18-17-10(2)22/h4-7H,8H2,1-3H3,(H,17,22)(H,18,23). The number of hydrogen-bond acceptors (Lipinski definition) is 6. The lowest BCUT2D eigenvalue weighted by Crippen LogP contribution is -2.41. The fourth-order valence-corrected chi connectivity index (χ4v) is 3.17. The smallest absolute Gasteiger partial charge is 0.248 e.